The number of rotatable bonds is 6. The topological polar surface area (TPSA) is 69.9 Å². The van der Waals surface area contributed by atoms with Gasteiger partial charge >= 0.3 is 5.97 Å². The molecule has 1 aromatic heterocycles. The molecule has 0 aliphatic heterocycles. The standard InChI is InChI=1S/C15H15NO3S/c17-14(18)8-4-7-12-9-10-13(20-12)15(16-19)11-5-2-1-3-6-11/h1-3,5-6,9-10,19H,4,7-8H2,(H,17,18)/b16-15+. The maximum Gasteiger partial charge on any atom is 0.303 e. The fourth-order valence-corrected chi connectivity index (χ4v) is 2.96. The first-order valence-electron chi connectivity index (χ1n) is 6.29. The highest BCUT2D eigenvalue weighted by Gasteiger charge is 2.10. The highest BCUT2D eigenvalue weighted by molar-refractivity contribution is 7.14. The largest absolute Gasteiger partial charge is 0.481 e. The predicted molar refractivity (Wildman–Crippen MR) is 78.8 cm³/mol. The van der Waals surface area contributed by atoms with Crippen LogP contribution in [0, 0.1) is 0 Å². The van der Waals surface area contributed by atoms with Crippen molar-refractivity contribution in [3.63, 3.8) is 0 Å². The molecule has 0 spiro atoms. The minimum Gasteiger partial charge on any atom is -0.481 e. The van der Waals surface area contributed by atoms with Gasteiger partial charge in [0.1, 0.15) is 5.71 Å². The third-order valence-electron chi connectivity index (χ3n) is 2.86. The Kier molecular flexibility index (Phi) is 4.90. The highest BCUT2D eigenvalue weighted by Crippen LogP contribution is 2.22. The molecule has 0 saturated carbocycles. The summed E-state index contributed by atoms with van der Waals surface area (Å²) in [6.07, 6.45) is 1.52. The van der Waals surface area contributed by atoms with Crippen LogP contribution in [-0.2, 0) is 11.2 Å². The van der Waals surface area contributed by atoms with Gasteiger partial charge in [0.2, 0.25) is 0 Å². The van der Waals surface area contributed by atoms with Gasteiger partial charge in [0.25, 0.3) is 0 Å². The van der Waals surface area contributed by atoms with E-state index in [1.807, 2.05) is 42.5 Å². The van der Waals surface area contributed by atoms with Crippen molar-refractivity contribution < 1.29 is 15.1 Å². The summed E-state index contributed by atoms with van der Waals surface area (Å²) in [6, 6.07) is 13.3. The number of carbonyl (C=O) groups is 1. The van der Waals surface area contributed by atoms with E-state index in [1.165, 1.54) is 11.3 Å². The van der Waals surface area contributed by atoms with Crippen molar-refractivity contribution in [2.75, 3.05) is 0 Å². The summed E-state index contributed by atoms with van der Waals surface area (Å²) in [5.41, 5.74) is 1.40. The zero-order valence-corrected chi connectivity index (χ0v) is 11.6. The summed E-state index contributed by atoms with van der Waals surface area (Å²) in [7, 11) is 0. The van der Waals surface area contributed by atoms with Crippen molar-refractivity contribution in [3.05, 3.63) is 57.8 Å². The fraction of sp³-hybridized carbons (Fsp3) is 0.200. The maximum atomic E-state index is 10.5. The summed E-state index contributed by atoms with van der Waals surface area (Å²) in [4.78, 5) is 12.5. The number of aryl methyl sites for hydroxylation is 1. The molecule has 4 nitrogen and oxygen atoms in total. The lowest BCUT2D eigenvalue weighted by molar-refractivity contribution is -0.137. The third-order valence-corrected chi connectivity index (χ3v) is 4.01. The molecule has 2 aromatic rings. The first-order valence-corrected chi connectivity index (χ1v) is 7.10. The average molecular weight is 289 g/mol. The zero-order valence-electron chi connectivity index (χ0n) is 10.8. The van der Waals surface area contributed by atoms with E-state index >= 15 is 0 Å². The Morgan fingerprint density at radius 3 is 2.55 bits per heavy atom. The molecular formula is C15H15NO3S. The van der Waals surface area contributed by atoms with Gasteiger partial charge in [-0.3, -0.25) is 4.79 Å². The monoisotopic (exact) mass is 289 g/mol. The maximum absolute atomic E-state index is 10.5. The molecule has 2 rings (SSSR count). The van der Waals surface area contributed by atoms with Crippen molar-refractivity contribution in [2.45, 2.75) is 19.3 Å². The van der Waals surface area contributed by atoms with E-state index in [2.05, 4.69) is 5.16 Å². The van der Waals surface area contributed by atoms with E-state index in [9.17, 15) is 10.0 Å². The van der Waals surface area contributed by atoms with Crippen LogP contribution >= 0.6 is 11.3 Å². The Balaban J connectivity index is 2.09. The number of thiophene rings is 1. The highest BCUT2D eigenvalue weighted by atomic mass is 32.1. The number of oxime groups is 1. The number of nitrogens with zero attached hydrogens (tertiary/aromatic N) is 1. The molecule has 0 amide bonds. The van der Waals surface area contributed by atoms with Gasteiger partial charge in [0, 0.05) is 16.9 Å². The molecule has 20 heavy (non-hydrogen) atoms. The smallest absolute Gasteiger partial charge is 0.303 e. The van der Waals surface area contributed by atoms with Gasteiger partial charge in [-0.2, -0.15) is 0 Å². The van der Waals surface area contributed by atoms with Crippen LogP contribution in [0.25, 0.3) is 0 Å². The normalized spacial score (nSPS) is 11.5. The van der Waals surface area contributed by atoms with E-state index in [4.69, 9.17) is 5.11 Å². The Bertz CT molecular complexity index is 605. The first kappa shape index (κ1) is 14.3. The molecule has 0 bridgehead atoms. The fourth-order valence-electron chi connectivity index (χ4n) is 1.90. The lowest BCUT2D eigenvalue weighted by Crippen LogP contribution is -2.00. The molecule has 0 aliphatic carbocycles. The Labute approximate surface area is 121 Å². The molecule has 0 atom stereocenters. The number of benzene rings is 1. The number of aliphatic carboxylic acids is 1. The second-order valence-corrected chi connectivity index (χ2v) is 5.50. The minimum atomic E-state index is -0.774. The Hall–Kier alpha value is -2.14. The quantitative estimate of drug-likeness (QED) is 0.486. The molecule has 1 heterocycles. The molecule has 1 aromatic carbocycles. The molecule has 0 aliphatic rings. The van der Waals surface area contributed by atoms with Crippen molar-refractivity contribution in [3.8, 4) is 0 Å². The molecule has 2 N–H and O–H groups in total. The van der Waals surface area contributed by atoms with Crippen LogP contribution in [0.3, 0.4) is 0 Å². The minimum absolute atomic E-state index is 0.173. The van der Waals surface area contributed by atoms with Gasteiger partial charge in [0.15, 0.2) is 0 Å². The van der Waals surface area contributed by atoms with Gasteiger partial charge in [-0.15, -0.1) is 11.3 Å². The molecule has 0 saturated heterocycles. The number of hydrogen-bond donors (Lipinski definition) is 2. The van der Waals surface area contributed by atoms with Crippen LogP contribution in [0.5, 0.6) is 0 Å². The zero-order chi connectivity index (χ0) is 14.4. The lowest BCUT2D eigenvalue weighted by atomic mass is 10.1. The third kappa shape index (κ3) is 3.68. The molecule has 104 valence electrons. The van der Waals surface area contributed by atoms with Gasteiger partial charge in [-0.25, -0.2) is 0 Å². The average Bonchev–Trinajstić information content (AvgIpc) is 2.89. The van der Waals surface area contributed by atoms with Crippen LogP contribution in [-0.4, -0.2) is 22.0 Å². The molecule has 0 unspecified atom stereocenters. The Morgan fingerprint density at radius 1 is 1.15 bits per heavy atom. The SMILES string of the molecule is O=C(O)CCCc1ccc(/C(=N/O)c2ccccc2)s1. The summed E-state index contributed by atoms with van der Waals surface area (Å²) in [6.45, 7) is 0. The van der Waals surface area contributed by atoms with Crippen LogP contribution in [0.2, 0.25) is 0 Å². The van der Waals surface area contributed by atoms with E-state index in [1.54, 1.807) is 0 Å². The first-order chi connectivity index (χ1) is 9.70. The van der Waals surface area contributed by atoms with E-state index in [-0.39, 0.29) is 6.42 Å². The molecule has 0 radical (unpaired) electrons. The van der Waals surface area contributed by atoms with E-state index in [0.29, 0.717) is 12.1 Å². The second-order valence-electron chi connectivity index (χ2n) is 4.33. The van der Waals surface area contributed by atoms with Gasteiger partial charge < -0.3 is 10.3 Å². The molecular weight excluding hydrogens is 274 g/mol. The Morgan fingerprint density at radius 2 is 1.90 bits per heavy atom. The van der Waals surface area contributed by atoms with Crippen molar-refractivity contribution in [2.24, 2.45) is 5.16 Å². The summed E-state index contributed by atoms with van der Waals surface area (Å²) < 4.78 is 0. The number of carboxylic acids is 1. The van der Waals surface area contributed by atoms with Crippen LogP contribution < -0.4 is 0 Å². The molecule has 5 heteroatoms. The summed E-state index contributed by atoms with van der Waals surface area (Å²) in [5.74, 6) is -0.774. The van der Waals surface area contributed by atoms with Crippen LogP contribution in [0.4, 0.5) is 0 Å². The summed E-state index contributed by atoms with van der Waals surface area (Å²) in [5, 5.41) is 21.2. The van der Waals surface area contributed by atoms with E-state index in [0.717, 1.165) is 21.7 Å². The van der Waals surface area contributed by atoms with Gasteiger partial charge in [-0.05, 0) is 25.0 Å². The number of carboxylic acid groups (broad SMARTS) is 1. The van der Waals surface area contributed by atoms with Crippen molar-refractivity contribution in [1.82, 2.24) is 0 Å². The van der Waals surface area contributed by atoms with Gasteiger partial charge in [-0.1, -0.05) is 35.5 Å². The van der Waals surface area contributed by atoms with Crippen molar-refractivity contribution >= 4 is 23.0 Å². The van der Waals surface area contributed by atoms with Crippen molar-refractivity contribution in [1.29, 1.82) is 0 Å². The molecule has 0 fully saturated rings. The van der Waals surface area contributed by atoms with Crippen LogP contribution in [0.1, 0.15) is 28.2 Å². The van der Waals surface area contributed by atoms with E-state index < -0.39 is 5.97 Å². The number of hydrogen-bond acceptors (Lipinski definition) is 4. The summed E-state index contributed by atoms with van der Waals surface area (Å²) >= 11 is 1.53. The lowest BCUT2D eigenvalue weighted by Gasteiger charge is -2.01. The second kappa shape index (κ2) is 6.86. The van der Waals surface area contributed by atoms with Crippen LogP contribution in [0.15, 0.2) is 47.6 Å². The van der Waals surface area contributed by atoms with Gasteiger partial charge in [0.05, 0.1) is 4.88 Å². The predicted octanol–water partition coefficient (Wildman–Crippen LogP) is 3.38.